The van der Waals surface area contributed by atoms with Crippen LogP contribution in [0.1, 0.15) is 24.9 Å². The van der Waals surface area contributed by atoms with Gasteiger partial charge in [0.1, 0.15) is 0 Å². The Balaban J connectivity index is 2.65. The van der Waals surface area contributed by atoms with Gasteiger partial charge in [0.2, 0.25) is 0 Å². The lowest BCUT2D eigenvalue weighted by Gasteiger charge is -2.25. The highest BCUT2D eigenvalue weighted by Gasteiger charge is 2.12. The van der Waals surface area contributed by atoms with Crippen molar-refractivity contribution in [3.63, 3.8) is 0 Å². The minimum Gasteiger partial charge on any atom is -0.481 e. The molecule has 18 heavy (non-hydrogen) atoms. The van der Waals surface area contributed by atoms with Crippen LogP contribution in [0.15, 0.2) is 24.3 Å². The van der Waals surface area contributed by atoms with Gasteiger partial charge >= 0.3 is 5.97 Å². The first-order valence-electron chi connectivity index (χ1n) is 6.11. The number of carbonyl (C=O) groups is 1. The molecule has 0 fully saturated rings. The molecule has 0 spiro atoms. The second-order valence-electron chi connectivity index (χ2n) is 4.79. The Hall–Kier alpha value is -1.55. The number of carboxylic acids is 1. The third kappa shape index (κ3) is 4.04. The van der Waals surface area contributed by atoms with Gasteiger partial charge in [0.25, 0.3) is 0 Å². The predicted octanol–water partition coefficient (Wildman–Crippen LogP) is 2.22. The van der Waals surface area contributed by atoms with Gasteiger partial charge in [-0.3, -0.25) is 9.69 Å². The van der Waals surface area contributed by atoms with E-state index < -0.39 is 5.97 Å². The van der Waals surface area contributed by atoms with Crippen LogP contribution in [0, 0.1) is 0 Å². The van der Waals surface area contributed by atoms with E-state index in [2.05, 4.69) is 41.0 Å². The number of hydrogen-bond donors (Lipinski definition) is 1. The van der Waals surface area contributed by atoms with Crippen LogP contribution in [0.3, 0.4) is 0 Å². The molecule has 0 amide bonds. The van der Waals surface area contributed by atoms with Gasteiger partial charge in [-0.25, -0.2) is 0 Å². The van der Waals surface area contributed by atoms with Crippen molar-refractivity contribution < 1.29 is 9.90 Å². The first-order chi connectivity index (χ1) is 8.41. The van der Waals surface area contributed by atoms with Crippen LogP contribution >= 0.6 is 0 Å². The predicted molar refractivity (Wildman–Crippen MR) is 74.1 cm³/mol. The van der Waals surface area contributed by atoms with Crippen LogP contribution in [0.5, 0.6) is 0 Å². The van der Waals surface area contributed by atoms with E-state index in [4.69, 9.17) is 5.11 Å². The van der Waals surface area contributed by atoms with E-state index in [1.165, 1.54) is 11.3 Å². The number of anilines is 1. The molecule has 1 N–H and O–H groups in total. The van der Waals surface area contributed by atoms with Crippen molar-refractivity contribution in [2.24, 2.45) is 0 Å². The zero-order chi connectivity index (χ0) is 13.7. The number of rotatable bonds is 6. The fraction of sp³-hybridized carbons (Fsp3) is 0.500. The molecule has 0 saturated heterocycles. The van der Waals surface area contributed by atoms with Crippen molar-refractivity contribution in [2.45, 2.75) is 19.4 Å². The van der Waals surface area contributed by atoms with Gasteiger partial charge in [0.05, 0.1) is 6.42 Å². The van der Waals surface area contributed by atoms with Crippen LogP contribution in [-0.2, 0) is 4.79 Å². The molecule has 0 saturated carbocycles. The Labute approximate surface area is 109 Å². The maximum absolute atomic E-state index is 10.6. The van der Waals surface area contributed by atoms with E-state index in [0.717, 1.165) is 0 Å². The molecule has 0 aliphatic carbocycles. The number of benzene rings is 1. The molecule has 1 atom stereocenters. The van der Waals surface area contributed by atoms with Crippen molar-refractivity contribution >= 4 is 11.7 Å². The van der Waals surface area contributed by atoms with Crippen LogP contribution in [0.25, 0.3) is 0 Å². The Morgan fingerprint density at radius 2 is 1.78 bits per heavy atom. The molecule has 0 aliphatic rings. The van der Waals surface area contributed by atoms with E-state index in [9.17, 15) is 4.79 Å². The fourth-order valence-corrected chi connectivity index (χ4v) is 1.77. The lowest BCUT2D eigenvalue weighted by atomic mass is 10.1. The Bertz CT molecular complexity index is 387. The highest BCUT2D eigenvalue weighted by Crippen LogP contribution is 2.21. The topological polar surface area (TPSA) is 43.8 Å². The molecule has 0 radical (unpaired) electrons. The van der Waals surface area contributed by atoms with E-state index >= 15 is 0 Å². The first kappa shape index (κ1) is 14.5. The second kappa shape index (κ2) is 6.40. The number of hydrogen-bond acceptors (Lipinski definition) is 3. The largest absolute Gasteiger partial charge is 0.481 e. The summed E-state index contributed by atoms with van der Waals surface area (Å²) in [7, 11) is 5.97. The molecule has 1 rings (SSSR count). The molecule has 0 bridgehead atoms. The van der Waals surface area contributed by atoms with Gasteiger partial charge in [0.15, 0.2) is 0 Å². The SMILES string of the molecule is CC(c1ccc(N(C)C)cc1)N(C)CCC(=O)O. The molecule has 1 aromatic carbocycles. The summed E-state index contributed by atoms with van der Waals surface area (Å²) >= 11 is 0. The van der Waals surface area contributed by atoms with Crippen LogP contribution in [-0.4, -0.2) is 43.7 Å². The lowest BCUT2D eigenvalue weighted by molar-refractivity contribution is -0.137. The van der Waals surface area contributed by atoms with E-state index in [-0.39, 0.29) is 12.5 Å². The average molecular weight is 250 g/mol. The van der Waals surface area contributed by atoms with Gasteiger partial charge in [-0.05, 0) is 31.7 Å². The Morgan fingerprint density at radius 1 is 1.22 bits per heavy atom. The minimum absolute atomic E-state index is 0.177. The number of carboxylic acid groups (broad SMARTS) is 1. The lowest BCUT2D eigenvalue weighted by Crippen LogP contribution is -2.25. The van der Waals surface area contributed by atoms with Crippen LogP contribution in [0.2, 0.25) is 0 Å². The summed E-state index contributed by atoms with van der Waals surface area (Å²) in [5.41, 5.74) is 2.37. The molecule has 0 heterocycles. The molecule has 4 nitrogen and oxygen atoms in total. The summed E-state index contributed by atoms with van der Waals surface area (Å²) in [6.07, 6.45) is 0.177. The molecule has 4 heteroatoms. The first-order valence-corrected chi connectivity index (χ1v) is 6.11. The van der Waals surface area contributed by atoms with Crippen LogP contribution < -0.4 is 4.90 Å². The quantitative estimate of drug-likeness (QED) is 0.840. The third-order valence-corrected chi connectivity index (χ3v) is 3.23. The highest BCUT2D eigenvalue weighted by atomic mass is 16.4. The molecule has 1 unspecified atom stereocenters. The summed E-state index contributed by atoms with van der Waals surface area (Å²) in [6, 6.07) is 8.57. The summed E-state index contributed by atoms with van der Waals surface area (Å²) in [5.74, 6) is -0.753. The zero-order valence-electron chi connectivity index (χ0n) is 11.6. The second-order valence-corrected chi connectivity index (χ2v) is 4.79. The third-order valence-electron chi connectivity index (χ3n) is 3.23. The number of aliphatic carboxylic acids is 1. The molecule has 1 aromatic rings. The maximum Gasteiger partial charge on any atom is 0.304 e. The van der Waals surface area contributed by atoms with Gasteiger partial charge in [-0.2, -0.15) is 0 Å². The number of nitrogens with zero attached hydrogens (tertiary/aromatic N) is 2. The van der Waals surface area contributed by atoms with Crippen molar-refractivity contribution in [1.82, 2.24) is 4.90 Å². The zero-order valence-corrected chi connectivity index (χ0v) is 11.6. The average Bonchev–Trinajstić information content (AvgIpc) is 2.35. The minimum atomic E-state index is -0.753. The van der Waals surface area contributed by atoms with Crippen molar-refractivity contribution in [3.05, 3.63) is 29.8 Å². The Kier molecular flexibility index (Phi) is 5.16. The normalized spacial score (nSPS) is 12.5. The molecule has 0 aromatic heterocycles. The van der Waals surface area contributed by atoms with E-state index in [0.29, 0.717) is 6.54 Å². The summed E-state index contributed by atoms with van der Waals surface area (Å²) in [4.78, 5) is 14.7. The highest BCUT2D eigenvalue weighted by molar-refractivity contribution is 5.66. The molecular weight excluding hydrogens is 228 g/mol. The Morgan fingerprint density at radius 3 is 2.22 bits per heavy atom. The standard InChI is InChI=1S/C14H22N2O2/c1-11(16(4)10-9-14(17)18)12-5-7-13(8-6-12)15(2)3/h5-8,11H,9-10H2,1-4H3,(H,17,18). The van der Waals surface area contributed by atoms with Crippen molar-refractivity contribution in [1.29, 1.82) is 0 Å². The maximum atomic E-state index is 10.6. The monoisotopic (exact) mass is 250 g/mol. The van der Waals surface area contributed by atoms with E-state index in [1.807, 2.05) is 21.1 Å². The van der Waals surface area contributed by atoms with Gasteiger partial charge in [-0.15, -0.1) is 0 Å². The van der Waals surface area contributed by atoms with E-state index in [1.54, 1.807) is 0 Å². The smallest absolute Gasteiger partial charge is 0.304 e. The summed E-state index contributed by atoms with van der Waals surface area (Å²) in [6.45, 7) is 2.65. The van der Waals surface area contributed by atoms with Gasteiger partial charge < -0.3 is 10.0 Å². The molecule has 100 valence electrons. The van der Waals surface area contributed by atoms with Gasteiger partial charge in [0, 0.05) is 32.4 Å². The van der Waals surface area contributed by atoms with Crippen LogP contribution in [0.4, 0.5) is 5.69 Å². The van der Waals surface area contributed by atoms with Gasteiger partial charge in [-0.1, -0.05) is 12.1 Å². The van der Waals surface area contributed by atoms with Crippen molar-refractivity contribution in [3.8, 4) is 0 Å². The summed E-state index contributed by atoms with van der Waals surface area (Å²) < 4.78 is 0. The summed E-state index contributed by atoms with van der Waals surface area (Å²) in [5, 5.41) is 8.68. The van der Waals surface area contributed by atoms with Crippen molar-refractivity contribution in [2.75, 3.05) is 32.6 Å². The fourth-order valence-electron chi connectivity index (χ4n) is 1.77. The molecular formula is C14H22N2O2. The molecule has 0 aliphatic heterocycles.